The van der Waals surface area contributed by atoms with Gasteiger partial charge in [0.25, 0.3) is 5.56 Å². The van der Waals surface area contributed by atoms with Gasteiger partial charge in [-0.2, -0.15) is 0 Å². The number of aromatic nitrogens is 2. The Balaban J connectivity index is 1.64. The minimum atomic E-state index is -0.468. The number of amides is 1. The predicted octanol–water partition coefficient (Wildman–Crippen LogP) is 4.92. The number of nitrogens with zero attached hydrogens (tertiary/aromatic N) is 2. The molecule has 2 aromatic heterocycles. The summed E-state index contributed by atoms with van der Waals surface area (Å²) in [7, 11) is 0. The molecule has 0 bridgehead atoms. The quantitative estimate of drug-likeness (QED) is 0.311. The molecule has 2 heterocycles. The molecule has 4 aromatic rings. The van der Waals surface area contributed by atoms with Crippen molar-refractivity contribution >= 4 is 50.2 Å². The molecule has 1 amide bonds. The number of benzene rings is 2. The fraction of sp³-hybridized carbons (Fsp3) is 0.136. The number of para-hydroxylation sites is 1. The Morgan fingerprint density at radius 2 is 1.93 bits per heavy atom. The highest BCUT2D eigenvalue weighted by molar-refractivity contribution is 9.10. The normalized spacial score (nSPS) is 12.1. The van der Waals surface area contributed by atoms with Crippen molar-refractivity contribution < 1.29 is 9.21 Å². The van der Waals surface area contributed by atoms with Crippen LogP contribution in [0.2, 0.25) is 0 Å². The molecule has 0 aliphatic heterocycles. The first-order valence-electron chi connectivity index (χ1n) is 9.26. The van der Waals surface area contributed by atoms with E-state index in [1.165, 1.54) is 11.8 Å². The van der Waals surface area contributed by atoms with Crippen LogP contribution in [0.5, 0.6) is 0 Å². The van der Waals surface area contributed by atoms with E-state index in [4.69, 9.17) is 4.42 Å². The Morgan fingerprint density at radius 1 is 1.17 bits per heavy atom. The summed E-state index contributed by atoms with van der Waals surface area (Å²) in [6.45, 7) is 2.03. The van der Waals surface area contributed by atoms with Crippen LogP contribution in [0.25, 0.3) is 10.9 Å². The van der Waals surface area contributed by atoms with Crippen molar-refractivity contribution in [3.63, 3.8) is 0 Å². The van der Waals surface area contributed by atoms with Crippen LogP contribution in [0, 0.1) is 0 Å². The Labute approximate surface area is 185 Å². The number of hydrogen-bond donors (Lipinski definition) is 1. The molecule has 0 spiro atoms. The molecular formula is C22H18BrN3O3S. The van der Waals surface area contributed by atoms with Crippen molar-refractivity contribution in [3.8, 4) is 0 Å². The molecule has 0 radical (unpaired) electrons. The zero-order valence-corrected chi connectivity index (χ0v) is 18.4. The number of halogens is 1. The predicted molar refractivity (Wildman–Crippen MR) is 122 cm³/mol. The van der Waals surface area contributed by atoms with Crippen LogP contribution in [0.1, 0.15) is 12.7 Å². The lowest BCUT2D eigenvalue weighted by Crippen LogP contribution is -2.27. The third-order valence-electron chi connectivity index (χ3n) is 4.48. The fourth-order valence-electron chi connectivity index (χ4n) is 2.92. The smallest absolute Gasteiger partial charge is 0.262 e. The summed E-state index contributed by atoms with van der Waals surface area (Å²) >= 11 is 4.62. The second-order valence-electron chi connectivity index (χ2n) is 6.64. The van der Waals surface area contributed by atoms with Gasteiger partial charge in [0.2, 0.25) is 5.91 Å². The van der Waals surface area contributed by atoms with Crippen molar-refractivity contribution in [3.05, 3.63) is 87.5 Å². The maximum atomic E-state index is 13.1. The molecule has 0 saturated heterocycles. The van der Waals surface area contributed by atoms with Gasteiger partial charge in [-0.15, -0.1) is 0 Å². The van der Waals surface area contributed by atoms with E-state index in [1.807, 2.05) is 36.4 Å². The molecule has 0 fully saturated rings. The SMILES string of the molecule is C[C@@H](Sc1nc2ccccc2c(=O)n1Cc1ccco1)C(=O)Nc1ccc(Br)cc1. The fourth-order valence-corrected chi connectivity index (χ4v) is 4.10. The first-order chi connectivity index (χ1) is 14.5. The van der Waals surface area contributed by atoms with Crippen molar-refractivity contribution in [2.45, 2.75) is 23.9 Å². The zero-order valence-electron chi connectivity index (χ0n) is 16.0. The lowest BCUT2D eigenvalue weighted by Gasteiger charge is -2.16. The van der Waals surface area contributed by atoms with Crippen LogP contribution in [0.3, 0.4) is 0 Å². The monoisotopic (exact) mass is 483 g/mol. The Hall–Kier alpha value is -2.84. The summed E-state index contributed by atoms with van der Waals surface area (Å²) < 4.78 is 7.91. The average Bonchev–Trinajstić information content (AvgIpc) is 3.26. The molecule has 0 saturated carbocycles. The Kier molecular flexibility index (Phi) is 6.06. The second-order valence-corrected chi connectivity index (χ2v) is 8.86. The van der Waals surface area contributed by atoms with Gasteiger partial charge in [-0.3, -0.25) is 14.2 Å². The summed E-state index contributed by atoms with van der Waals surface area (Å²) in [5.41, 5.74) is 1.14. The number of anilines is 1. The molecule has 0 unspecified atom stereocenters. The van der Waals surface area contributed by atoms with Gasteiger partial charge in [-0.25, -0.2) is 4.98 Å². The first-order valence-corrected chi connectivity index (χ1v) is 10.9. The van der Waals surface area contributed by atoms with E-state index in [0.717, 1.165) is 4.47 Å². The summed E-state index contributed by atoms with van der Waals surface area (Å²) in [4.78, 5) is 30.5. The number of furan rings is 1. The van der Waals surface area contributed by atoms with Crippen LogP contribution in [0.15, 0.2) is 85.8 Å². The zero-order chi connectivity index (χ0) is 21.1. The highest BCUT2D eigenvalue weighted by Crippen LogP contribution is 2.25. The molecule has 8 heteroatoms. The molecule has 152 valence electrons. The highest BCUT2D eigenvalue weighted by Gasteiger charge is 2.20. The number of rotatable bonds is 6. The van der Waals surface area contributed by atoms with E-state index >= 15 is 0 Å². The van der Waals surface area contributed by atoms with Crippen molar-refractivity contribution in [1.29, 1.82) is 0 Å². The van der Waals surface area contributed by atoms with Gasteiger partial charge in [-0.05, 0) is 55.5 Å². The van der Waals surface area contributed by atoms with E-state index in [-0.39, 0.29) is 18.0 Å². The van der Waals surface area contributed by atoms with E-state index in [1.54, 1.807) is 42.0 Å². The molecule has 1 atom stereocenters. The van der Waals surface area contributed by atoms with Crippen LogP contribution in [-0.4, -0.2) is 20.7 Å². The van der Waals surface area contributed by atoms with Crippen LogP contribution >= 0.6 is 27.7 Å². The second kappa shape index (κ2) is 8.89. The largest absolute Gasteiger partial charge is 0.467 e. The standard InChI is InChI=1S/C22H18BrN3O3S/c1-14(20(27)24-16-10-8-15(23)9-11-16)30-22-25-19-7-3-2-6-18(19)21(28)26(22)13-17-5-4-12-29-17/h2-12,14H,13H2,1H3,(H,24,27)/t14-/m1/s1. The maximum Gasteiger partial charge on any atom is 0.262 e. The van der Waals surface area contributed by atoms with Crippen molar-refractivity contribution in [2.75, 3.05) is 5.32 Å². The third-order valence-corrected chi connectivity index (χ3v) is 6.10. The number of carbonyl (C=O) groups excluding carboxylic acids is 1. The highest BCUT2D eigenvalue weighted by atomic mass is 79.9. The minimum absolute atomic E-state index is 0.167. The maximum absolute atomic E-state index is 13.1. The van der Waals surface area contributed by atoms with E-state index < -0.39 is 5.25 Å². The van der Waals surface area contributed by atoms with Gasteiger partial charge in [0.05, 0.1) is 29.0 Å². The van der Waals surface area contributed by atoms with Gasteiger partial charge in [0, 0.05) is 10.2 Å². The Morgan fingerprint density at radius 3 is 2.67 bits per heavy atom. The lowest BCUT2D eigenvalue weighted by atomic mass is 10.2. The van der Waals surface area contributed by atoms with Gasteiger partial charge in [0.15, 0.2) is 5.16 Å². The first kappa shape index (κ1) is 20.4. The molecule has 30 heavy (non-hydrogen) atoms. The number of nitrogens with one attached hydrogen (secondary N) is 1. The van der Waals surface area contributed by atoms with Gasteiger partial charge < -0.3 is 9.73 Å². The molecule has 2 aromatic carbocycles. The number of carbonyl (C=O) groups is 1. The summed E-state index contributed by atoms with van der Waals surface area (Å²) in [6, 6.07) is 18.1. The minimum Gasteiger partial charge on any atom is -0.467 e. The number of hydrogen-bond acceptors (Lipinski definition) is 5. The van der Waals surface area contributed by atoms with E-state index in [2.05, 4.69) is 26.2 Å². The van der Waals surface area contributed by atoms with Gasteiger partial charge in [-0.1, -0.05) is 39.8 Å². The Bertz CT molecular complexity index is 1240. The topological polar surface area (TPSA) is 77.1 Å². The average molecular weight is 484 g/mol. The molecule has 0 aliphatic rings. The molecular weight excluding hydrogens is 466 g/mol. The van der Waals surface area contributed by atoms with E-state index in [0.29, 0.717) is 27.5 Å². The summed E-state index contributed by atoms with van der Waals surface area (Å²) in [6.07, 6.45) is 1.57. The molecule has 6 nitrogen and oxygen atoms in total. The van der Waals surface area contributed by atoms with Crippen molar-refractivity contribution in [1.82, 2.24) is 9.55 Å². The van der Waals surface area contributed by atoms with Crippen LogP contribution in [-0.2, 0) is 11.3 Å². The number of thioether (sulfide) groups is 1. The summed E-state index contributed by atoms with van der Waals surface area (Å²) in [5, 5.41) is 3.42. The van der Waals surface area contributed by atoms with Gasteiger partial charge in [0.1, 0.15) is 5.76 Å². The van der Waals surface area contributed by atoms with E-state index in [9.17, 15) is 9.59 Å². The number of fused-ring (bicyclic) bond motifs is 1. The van der Waals surface area contributed by atoms with Gasteiger partial charge >= 0.3 is 0 Å². The van der Waals surface area contributed by atoms with Crippen LogP contribution in [0.4, 0.5) is 5.69 Å². The molecule has 4 rings (SSSR count). The molecule has 1 N–H and O–H groups in total. The lowest BCUT2D eigenvalue weighted by molar-refractivity contribution is -0.115. The third kappa shape index (κ3) is 4.49. The van der Waals surface area contributed by atoms with Crippen LogP contribution < -0.4 is 10.9 Å². The molecule has 0 aliphatic carbocycles. The summed E-state index contributed by atoms with van der Waals surface area (Å²) in [5.74, 6) is 0.470. The van der Waals surface area contributed by atoms with Crippen molar-refractivity contribution in [2.24, 2.45) is 0 Å².